The average Bonchev–Trinajstić information content (AvgIpc) is 2.76. The third-order valence-electron chi connectivity index (χ3n) is 4.39. The smallest absolute Gasteiger partial charge is 0.408 e. The standard InChI is InChI=1S/C16H23N3O2.2ClH/c1-17-8-10-19(11-9-17)7-3-4-13-5-6-14-15(12-13)21-16(20)18(14)2;;/h5-6,12H,3-4,7-11H2,1-2H3;2*1H. The minimum atomic E-state index is -0.292. The summed E-state index contributed by atoms with van der Waals surface area (Å²) in [5.74, 6) is -0.292. The number of halogens is 2. The van der Waals surface area contributed by atoms with Gasteiger partial charge in [0.1, 0.15) is 0 Å². The lowest BCUT2D eigenvalue weighted by Gasteiger charge is -2.32. The lowest BCUT2D eigenvalue weighted by atomic mass is 10.1. The molecule has 0 saturated carbocycles. The van der Waals surface area contributed by atoms with Gasteiger partial charge in [0.05, 0.1) is 5.52 Å². The molecule has 0 bridgehead atoms. The van der Waals surface area contributed by atoms with Gasteiger partial charge in [-0.05, 0) is 44.1 Å². The highest BCUT2D eigenvalue weighted by Gasteiger charge is 2.13. The highest BCUT2D eigenvalue weighted by Crippen LogP contribution is 2.15. The van der Waals surface area contributed by atoms with Crippen LogP contribution < -0.4 is 5.76 Å². The molecule has 1 aromatic carbocycles. The number of rotatable bonds is 4. The van der Waals surface area contributed by atoms with Gasteiger partial charge in [-0.2, -0.15) is 0 Å². The number of benzene rings is 1. The molecule has 0 N–H and O–H groups in total. The fourth-order valence-electron chi connectivity index (χ4n) is 2.91. The second kappa shape index (κ2) is 8.73. The molecular weight excluding hydrogens is 337 g/mol. The summed E-state index contributed by atoms with van der Waals surface area (Å²) >= 11 is 0. The van der Waals surface area contributed by atoms with Crippen molar-refractivity contribution in [3.8, 4) is 0 Å². The Kier molecular flexibility index (Phi) is 7.61. The van der Waals surface area contributed by atoms with E-state index in [1.54, 1.807) is 11.6 Å². The van der Waals surface area contributed by atoms with Crippen LogP contribution in [-0.4, -0.2) is 54.1 Å². The summed E-state index contributed by atoms with van der Waals surface area (Å²) < 4.78 is 6.78. The van der Waals surface area contributed by atoms with E-state index in [9.17, 15) is 4.79 Å². The van der Waals surface area contributed by atoms with Crippen LogP contribution in [-0.2, 0) is 13.5 Å². The van der Waals surface area contributed by atoms with E-state index >= 15 is 0 Å². The van der Waals surface area contributed by atoms with E-state index in [0.717, 1.165) is 24.9 Å². The number of hydrogen-bond acceptors (Lipinski definition) is 4. The summed E-state index contributed by atoms with van der Waals surface area (Å²) in [5, 5.41) is 0. The maximum absolute atomic E-state index is 11.5. The molecule has 7 heteroatoms. The largest absolute Gasteiger partial charge is 0.419 e. The molecule has 1 aliphatic rings. The van der Waals surface area contributed by atoms with Crippen LogP contribution in [0.4, 0.5) is 0 Å². The van der Waals surface area contributed by atoms with Crippen molar-refractivity contribution in [3.05, 3.63) is 34.3 Å². The van der Waals surface area contributed by atoms with Gasteiger partial charge in [0.25, 0.3) is 0 Å². The molecule has 1 fully saturated rings. The number of likely N-dealkylation sites (N-methyl/N-ethyl adjacent to an activating group) is 1. The Morgan fingerprint density at radius 3 is 2.48 bits per heavy atom. The Morgan fingerprint density at radius 1 is 1.09 bits per heavy atom. The van der Waals surface area contributed by atoms with Crippen molar-refractivity contribution in [2.75, 3.05) is 39.8 Å². The molecule has 2 heterocycles. The van der Waals surface area contributed by atoms with E-state index in [1.165, 1.54) is 31.7 Å². The topological polar surface area (TPSA) is 41.6 Å². The van der Waals surface area contributed by atoms with Crippen LogP contribution >= 0.6 is 24.8 Å². The zero-order valence-electron chi connectivity index (χ0n) is 13.7. The van der Waals surface area contributed by atoms with Crippen molar-refractivity contribution in [3.63, 3.8) is 0 Å². The van der Waals surface area contributed by atoms with Crippen molar-refractivity contribution < 1.29 is 4.42 Å². The molecule has 130 valence electrons. The maximum Gasteiger partial charge on any atom is 0.419 e. The minimum Gasteiger partial charge on any atom is -0.408 e. The van der Waals surface area contributed by atoms with Gasteiger partial charge in [0.2, 0.25) is 0 Å². The predicted octanol–water partition coefficient (Wildman–Crippen LogP) is 2.16. The number of fused-ring (bicyclic) bond motifs is 1. The average molecular weight is 362 g/mol. The molecule has 1 aromatic heterocycles. The normalized spacial score (nSPS) is 16.1. The molecule has 1 aliphatic heterocycles. The molecule has 1 saturated heterocycles. The quantitative estimate of drug-likeness (QED) is 0.836. The van der Waals surface area contributed by atoms with Crippen LogP contribution in [0.25, 0.3) is 11.1 Å². The fraction of sp³-hybridized carbons (Fsp3) is 0.562. The van der Waals surface area contributed by atoms with Gasteiger partial charge in [-0.25, -0.2) is 4.79 Å². The Hall–Kier alpha value is -1.01. The van der Waals surface area contributed by atoms with Crippen LogP contribution in [0.1, 0.15) is 12.0 Å². The first-order valence-electron chi connectivity index (χ1n) is 7.63. The molecule has 3 rings (SSSR count). The van der Waals surface area contributed by atoms with Crippen LogP contribution in [0, 0.1) is 0 Å². The lowest BCUT2D eigenvalue weighted by Crippen LogP contribution is -2.44. The molecule has 0 radical (unpaired) electrons. The van der Waals surface area contributed by atoms with Crippen molar-refractivity contribution in [1.29, 1.82) is 0 Å². The maximum atomic E-state index is 11.5. The summed E-state index contributed by atoms with van der Waals surface area (Å²) in [4.78, 5) is 16.4. The molecule has 0 amide bonds. The first-order valence-corrected chi connectivity index (χ1v) is 7.63. The van der Waals surface area contributed by atoms with Gasteiger partial charge in [-0.15, -0.1) is 24.8 Å². The highest BCUT2D eigenvalue weighted by atomic mass is 35.5. The zero-order valence-corrected chi connectivity index (χ0v) is 15.3. The first kappa shape index (κ1) is 20.0. The molecule has 23 heavy (non-hydrogen) atoms. The van der Waals surface area contributed by atoms with E-state index in [-0.39, 0.29) is 30.6 Å². The van der Waals surface area contributed by atoms with E-state index < -0.39 is 0 Å². The van der Waals surface area contributed by atoms with Crippen molar-refractivity contribution >= 4 is 35.9 Å². The SMILES string of the molecule is CN1CCN(CCCc2ccc3c(c2)oc(=O)n3C)CC1.Cl.Cl. The summed E-state index contributed by atoms with van der Waals surface area (Å²) in [5.41, 5.74) is 2.80. The number of hydrogen-bond donors (Lipinski definition) is 0. The van der Waals surface area contributed by atoms with Crippen molar-refractivity contribution in [1.82, 2.24) is 14.4 Å². The molecule has 2 aromatic rings. The number of nitrogens with zero attached hydrogens (tertiary/aromatic N) is 3. The first-order chi connectivity index (χ1) is 10.1. The monoisotopic (exact) mass is 361 g/mol. The second-order valence-electron chi connectivity index (χ2n) is 5.98. The molecular formula is C16H25Cl2N3O2. The Balaban J connectivity index is 0.00000132. The number of aryl methyl sites for hydroxylation is 2. The van der Waals surface area contributed by atoms with Gasteiger partial charge in [0.15, 0.2) is 5.58 Å². The summed E-state index contributed by atoms with van der Waals surface area (Å²) in [6.07, 6.45) is 2.17. The fourth-order valence-corrected chi connectivity index (χ4v) is 2.91. The van der Waals surface area contributed by atoms with Crippen molar-refractivity contribution in [2.24, 2.45) is 7.05 Å². The van der Waals surface area contributed by atoms with Gasteiger partial charge in [-0.3, -0.25) is 4.57 Å². The van der Waals surface area contributed by atoms with E-state index in [4.69, 9.17) is 4.42 Å². The summed E-state index contributed by atoms with van der Waals surface area (Å²) in [6, 6.07) is 6.08. The van der Waals surface area contributed by atoms with Crippen molar-refractivity contribution in [2.45, 2.75) is 12.8 Å². The number of piperazine rings is 1. The lowest BCUT2D eigenvalue weighted by molar-refractivity contribution is 0.153. The van der Waals surface area contributed by atoms with Gasteiger partial charge in [-0.1, -0.05) is 6.07 Å². The Labute approximate surface area is 149 Å². The number of oxazole rings is 1. The Bertz CT molecular complexity index is 676. The minimum absolute atomic E-state index is 0. The highest BCUT2D eigenvalue weighted by molar-refractivity contribution is 5.85. The Morgan fingerprint density at radius 2 is 1.78 bits per heavy atom. The van der Waals surface area contributed by atoms with Crippen LogP contribution in [0.3, 0.4) is 0 Å². The number of aromatic nitrogens is 1. The third-order valence-corrected chi connectivity index (χ3v) is 4.39. The molecule has 0 unspecified atom stereocenters. The molecule has 0 atom stereocenters. The summed E-state index contributed by atoms with van der Waals surface area (Å²) in [6.45, 7) is 5.82. The third kappa shape index (κ3) is 4.73. The van der Waals surface area contributed by atoms with E-state index in [2.05, 4.69) is 22.9 Å². The predicted molar refractivity (Wildman–Crippen MR) is 98.2 cm³/mol. The van der Waals surface area contributed by atoms with Crippen LogP contribution in [0.2, 0.25) is 0 Å². The van der Waals surface area contributed by atoms with Gasteiger partial charge in [0, 0.05) is 33.2 Å². The second-order valence-corrected chi connectivity index (χ2v) is 5.98. The van der Waals surface area contributed by atoms with E-state index in [1.807, 2.05) is 12.1 Å². The molecule has 0 aliphatic carbocycles. The molecule has 0 spiro atoms. The van der Waals surface area contributed by atoms with Crippen LogP contribution in [0.5, 0.6) is 0 Å². The molecule has 5 nitrogen and oxygen atoms in total. The zero-order chi connectivity index (χ0) is 14.8. The van der Waals surface area contributed by atoms with Gasteiger partial charge < -0.3 is 14.2 Å². The van der Waals surface area contributed by atoms with Gasteiger partial charge >= 0.3 is 5.76 Å². The summed E-state index contributed by atoms with van der Waals surface area (Å²) in [7, 11) is 3.92. The van der Waals surface area contributed by atoms with Crippen LogP contribution in [0.15, 0.2) is 27.4 Å². The van der Waals surface area contributed by atoms with E-state index in [0.29, 0.717) is 5.58 Å².